The second-order valence-electron chi connectivity index (χ2n) is 5.76. The molecule has 0 atom stereocenters. The summed E-state index contributed by atoms with van der Waals surface area (Å²) >= 11 is 0. The van der Waals surface area contributed by atoms with Gasteiger partial charge in [-0.25, -0.2) is 19.0 Å². The van der Waals surface area contributed by atoms with Crippen LogP contribution in [0, 0.1) is 5.82 Å². The van der Waals surface area contributed by atoms with Crippen LogP contribution in [0.25, 0.3) is 33.7 Å². The molecule has 6 nitrogen and oxygen atoms in total. The number of rotatable bonds is 2. The van der Waals surface area contributed by atoms with Crippen LogP contribution in [0.15, 0.2) is 42.5 Å². The van der Waals surface area contributed by atoms with Gasteiger partial charge in [0.1, 0.15) is 11.5 Å². The van der Waals surface area contributed by atoms with Gasteiger partial charge in [-0.3, -0.25) is 0 Å². The Balaban J connectivity index is 1.96. The van der Waals surface area contributed by atoms with Crippen molar-refractivity contribution in [2.75, 3.05) is 0 Å². The fourth-order valence-corrected chi connectivity index (χ4v) is 2.67. The van der Waals surface area contributed by atoms with Crippen molar-refractivity contribution < 1.29 is 17.6 Å². The van der Waals surface area contributed by atoms with Gasteiger partial charge < -0.3 is 0 Å². The Morgan fingerprint density at radius 2 is 1.59 bits per heavy atom. The highest BCUT2D eigenvalue weighted by Gasteiger charge is 2.37. The Labute approximate surface area is 149 Å². The van der Waals surface area contributed by atoms with Gasteiger partial charge in [0.2, 0.25) is 0 Å². The predicted octanol–water partition coefficient (Wildman–Crippen LogP) is 3.65. The van der Waals surface area contributed by atoms with Crippen molar-refractivity contribution in [2.45, 2.75) is 6.18 Å². The number of aryl methyl sites for hydroxylation is 1. The summed E-state index contributed by atoms with van der Waals surface area (Å²) in [4.78, 5) is 7.91. The fraction of sp³-hybridized carbons (Fsp3) is 0.118. The molecule has 0 aliphatic heterocycles. The van der Waals surface area contributed by atoms with Gasteiger partial charge in [0.05, 0.1) is 11.0 Å². The highest BCUT2D eigenvalue weighted by molar-refractivity contribution is 5.82. The molecule has 0 bridgehead atoms. The van der Waals surface area contributed by atoms with Crippen LogP contribution >= 0.6 is 0 Å². The lowest BCUT2D eigenvalue weighted by Gasteiger charge is -2.13. The number of aromatic nitrogens is 6. The number of fused-ring (bicyclic) bond motifs is 1. The molecule has 2 heterocycles. The van der Waals surface area contributed by atoms with E-state index in [9.17, 15) is 17.6 Å². The molecule has 0 saturated carbocycles. The number of tetrazole rings is 1. The molecule has 0 aliphatic carbocycles. The lowest BCUT2D eigenvalue weighted by molar-refractivity contribution is -0.140. The summed E-state index contributed by atoms with van der Waals surface area (Å²) in [6, 6.07) is 9.16. The maximum atomic E-state index is 13.5. The summed E-state index contributed by atoms with van der Waals surface area (Å²) in [6.07, 6.45) is -4.71. The minimum Gasteiger partial charge on any atom is -0.244 e. The maximum absolute atomic E-state index is 13.5. The zero-order valence-corrected chi connectivity index (χ0v) is 13.7. The number of hydrogen-bond donors (Lipinski definition) is 0. The Kier molecular flexibility index (Phi) is 3.83. The van der Waals surface area contributed by atoms with Gasteiger partial charge in [0.15, 0.2) is 11.5 Å². The number of hydrogen-bond acceptors (Lipinski definition) is 5. The third-order valence-electron chi connectivity index (χ3n) is 3.93. The van der Waals surface area contributed by atoms with Crippen LogP contribution in [0.2, 0.25) is 0 Å². The summed E-state index contributed by atoms with van der Waals surface area (Å²) in [7, 11) is 1.64. The normalized spacial score (nSPS) is 11.9. The van der Waals surface area contributed by atoms with Crippen LogP contribution in [0.1, 0.15) is 5.69 Å². The number of alkyl halides is 3. The van der Waals surface area contributed by atoms with E-state index in [1.807, 2.05) is 0 Å². The first kappa shape index (κ1) is 17.0. The van der Waals surface area contributed by atoms with Crippen molar-refractivity contribution in [3.8, 4) is 22.6 Å². The van der Waals surface area contributed by atoms with E-state index >= 15 is 0 Å². The van der Waals surface area contributed by atoms with Crippen molar-refractivity contribution >= 4 is 11.0 Å². The quantitative estimate of drug-likeness (QED) is 0.501. The zero-order chi connectivity index (χ0) is 19.2. The van der Waals surface area contributed by atoms with Crippen molar-refractivity contribution in [2.24, 2.45) is 7.05 Å². The van der Waals surface area contributed by atoms with Gasteiger partial charge in [-0.2, -0.15) is 13.2 Å². The van der Waals surface area contributed by atoms with Crippen LogP contribution in [0.3, 0.4) is 0 Å². The van der Waals surface area contributed by atoms with Crippen molar-refractivity contribution in [3.63, 3.8) is 0 Å². The van der Waals surface area contributed by atoms with Crippen LogP contribution < -0.4 is 0 Å². The standard InChI is InChI=1S/C17H10F4N6/c1-27-16(24-25-26-27)10-4-7-12-13(8-10)22-14(15(23-12)17(19,20)21)9-2-5-11(18)6-3-9/h2-8H,1H3. The third kappa shape index (κ3) is 3.09. The van der Waals surface area contributed by atoms with Crippen LogP contribution in [-0.4, -0.2) is 30.2 Å². The summed E-state index contributed by atoms with van der Waals surface area (Å²) < 4.78 is 55.1. The first-order chi connectivity index (χ1) is 12.8. The lowest BCUT2D eigenvalue weighted by Crippen LogP contribution is -2.12. The molecule has 2 aromatic carbocycles. The van der Waals surface area contributed by atoms with E-state index in [-0.39, 0.29) is 22.3 Å². The zero-order valence-electron chi connectivity index (χ0n) is 13.7. The topological polar surface area (TPSA) is 69.4 Å². The Morgan fingerprint density at radius 3 is 2.22 bits per heavy atom. The van der Waals surface area contributed by atoms with Gasteiger partial charge in [0, 0.05) is 18.2 Å². The van der Waals surface area contributed by atoms with Crippen molar-refractivity contribution in [1.82, 2.24) is 30.2 Å². The SMILES string of the molecule is Cn1nnnc1-c1ccc2nc(C(F)(F)F)c(-c3ccc(F)cc3)nc2c1. The van der Waals surface area contributed by atoms with Crippen LogP contribution in [-0.2, 0) is 13.2 Å². The Bertz CT molecular complexity index is 1130. The van der Waals surface area contributed by atoms with Gasteiger partial charge in [-0.05, 0) is 52.9 Å². The average Bonchev–Trinajstić information content (AvgIpc) is 3.06. The molecule has 0 unspecified atom stereocenters. The molecule has 4 rings (SSSR count). The van der Waals surface area contributed by atoms with Crippen molar-refractivity contribution in [1.29, 1.82) is 0 Å². The summed E-state index contributed by atoms with van der Waals surface area (Å²) in [5.74, 6) is -0.125. The van der Waals surface area contributed by atoms with E-state index < -0.39 is 17.7 Å². The van der Waals surface area contributed by atoms with Gasteiger partial charge >= 0.3 is 6.18 Å². The minimum absolute atomic E-state index is 0.0760. The van der Waals surface area contributed by atoms with E-state index in [0.717, 1.165) is 12.1 Å². The Hall–Kier alpha value is -3.43. The first-order valence-electron chi connectivity index (χ1n) is 7.70. The number of benzene rings is 2. The first-order valence-corrected chi connectivity index (χ1v) is 7.70. The summed E-state index contributed by atoms with van der Waals surface area (Å²) in [5.41, 5.74) is -0.495. The van der Waals surface area contributed by atoms with E-state index in [2.05, 4.69) is 25.5 Å². The Morgan fingerprint density at radius 1 is 0.889 bits per heavy atom. The van der Waals surface area contributed by atoms with E-state index in [1.54, 1.807) is 19.2 Å². The second kappa shape index (κ2) is 6.08. The molecule has 27 heavy (non-hydrogen) atoms. The average molecular weight is 374 g/mol. The molecule has 2 aromatic heterocycles. The van der Waals surface area contributed by atoms with Crippen LogP contribution in [0.5, 0.6) is 0 Å². The summed E-state index contributed by atoms with van der Waals surface area (Å²) in [5, 5.41) is 11.1. The highest BCUT2D eigenvalue weighted by Crippen LogP contribution is 2.36. The van der Waals surface area contributed by atoms with Gasteiger partial charge in [-0.1, -0.05) is 0 Å². The smallest absolute Gasteiger partial charge is 0.244 e. The molecule has 0 fully saturated rings. The maximum Gasteiger partial charge on any atom is 0.435 e. The van der Waals surface area contributed by atoms with Crippen LogP contribution in [0.4, 0.5) is 17.6 Å². The lowest BCUT2D eigenvalue weighted by atomic mass is 10.1. The fourth-order valence-electron chi connectivity index (χ4n) is 2.67. The molecule has 0 aliphatic rings. The molecule has 0 N–H and O–H groups in total. The van der Waals surface area contributed by atoms with E-state index in [4.69, 9.17) is 0 Å². The molecule has 0 amide bonds. The molecular weight excluding hydrogens is 364 g/mol. The second-order valence-corrected chi connectivity index (χ2v) is 5.76. The minimum atomic E-state index is -4.71. The largest absolute Gasteiger partial charge is 0.435 e. The molecular formula is C17H10F4N6. The predicted molar refractivity (Wildman–Crippen MR) is 87.7 cm³/mol. The molecule has 0 saturated heterocycles. The van der Waals surface area contributed by atoms with E-state index in [0.29, 0.717) is 11.4 Å². The monoisotopic (exact) mass is 374 g/mol. The van der Waals surface area contributed by atoms with Crippen molar-refractivity contribution in [3.05, 3.63) is 54.0 Å². The highest BCUT2D eigenvalue weighted by atomic mass is 19.4. The van der Waals surface area contributed by atoms with Gasteiger partial charge in [0.25, 0.3) is 0 Å². The number of halogens is 4. The molecule has 136 valence electrons. The van der Waals surface area contributed by atoms with E-state index in [1.165, 1.54) is 22.9 Å². The molecule has 4 aromatic rings. The number of nitrogens with zero attached hydrogens (tertiary/aromatic N) is 6. The summed E-state index contributed by atoms with van der Waals surface area (Å²) in [6.45, 7) is 0. The molecule has 0 radical (unpaired) electrons. The van der Waals surface area contributed by atoms with Gasteiger partial charge in [-0.15, -0.1) is 5.10 Å². The third-order valence-corrected chi connectivity index (χ3v) is 3.93. The molecule has 0 spiro atoms. The molecule has 10 heteroatoms.